The van der Waals surface area contributed by atoms with Crippen molar-refractivity contribution in [1.82, 2.24) is 4.98 Å². The van der Waals surface area contributed by atoms with Gasteiger partial charge in [0.1, 0.15) is 23.5 Å². The highest BCUT2D eigenvalue weighted by Crippen LogP contribution is 2.42. The third-order valence-electron chi connectivity index (χ3n) is 5.75. The summed E-state index contributed by atoms with van der Waals surface area (Å²) in [6.07, 6.45) is 1.45. The third kappa shape index (κ3) is 4.17. The van der Waals surface area contributed by atoms with Crippen molar-refractivity contribution in [2.24, 2.45) is 5.73 Å². The molecule has 1 aliphatic rings. The minimum atomic E-state index is -1.24. The zero-order chi connectivity index (χ0) is 23.7. The molecule has 3 aromatic rings. The summed E-state index contributed by atoms with van der Waals surface area (Å²) >= 11 is 0. The van der Waals surface area contributed by atoms with Crippen molar-refractivity contribution >= 4 is 5.82 Å². The van der Waals surface area contributed by atoms with E-state index in [0.29, 0.717) is 18.9 Å². The number of nitriles is 1. The van der Waals surface area contributed by atoms with E-state index in [1.165, 1.54) is 37.4 Å². The van der Waals surface area contributed by atoms with E-state index >= 15 is 0 Å². The molecule has 0 unspecified atom stereocenters. The van der Waals surface area contributed by atoms with Gasteiger partial charge in [0, 0.05) is 36.3 Å². The van der Waals surface area contributed by atoms with Crippen LogP contribution in [0.15, 0.2) is 36.4 Å². The molecule has 0 saturated carbocycles. The molecule has 0 bridgehead atoms. The fraction of sp³-hybridized carbons (Fsp3) is 0.250. The van der Waals surface area contributed by atoms with Gasteiger partial charge in [0.05, 0.1) is 23.9 Å². The molecule has 4 rings (SSSR count). The van der Waals surface area contributed by atoms with Crippen molar-refractivity contribution in [3.63, 3.8) is 0 Å². The number of nitrogens with zero attached hydrogens (tertiary/aromatic N) is 3. The lowest BCUT2D eigenvalue weighted by molar-refractivity contribution is 0.372. The van der Waals surface area contributed by atoms with E-state index in [2.05, 4.69) is 4.98 Å². The molecule has 1 aromatic heterocycles. The average molecular weight is 454 g/mol. The highest BCUT2D eigenvalue weighted by Gasteiger charge is 2.25. The number of halogens is 3. The molecular formula is C24H21F3N4O2. The van der Waals surface area contributed by atoms with Crippen LogP contribution in [0.5, 0.6) is 11.5 Å². The number of nitrogens with two attached hydrogens (primary N) is 1. The van der Waals surface area contributed by atoms with Crippen LogP contribution < -0.4 is 15.4 Å². The number of benzene rings is 2. The molecule has 3 N–H and O–H groups in total. The summed E-state index contributed by atoms with van der Waals surface area (Å²) in [6, 6.07) is 9.47. The van der Waals surface area contributed by atoms with Crippen molar-refractivity contribution < 1.29 is 23.0 Å². The zero-order valence-electron chi connectivity index (χ0n) is 17.8. The third-order valence-corrected chi connectivity index (χ3v) is 5.75. The van der Waals surface area contributed by atoms with E-state index in [0.717, 1.165) is 18.9 Å². The quantitative estimate of drug-likeness (QED) is 0.609. The lowest BCUT2D eigenvalue weighted by Gasteiger charge is -2.31. The largest absolute Gasteiger partial charge is 0.507 e. The Bertz CT molecular complexity index is 1250. The van der Waals surface area contributed by atoms with Crippen molar-refractivity contribution in [3.8, 4) is 40.0 Å². The number of hydrogen-bond donors (Lipinski definition) is 2. The normalized spacial score (nSPS) is 14.2. The molecule has 170 valence electrons. The average Bonchev–Trinajstić information content (AvgIpc) is 2.81. The Kier molecular flexibility index (Phi) is 6.11. The zero-order valence-corrected chi connectivity index (χ0v) is 17.8. The minimum Gasteiger partial charge on any atom is -0.507 e. The molecule has 2 aromatic carbocycles. The van der Waals surface area contributed by atoms with Crippen LogP contribution in [0.4, 0.5) is 19.0 Å². The summed E-state index contributed by atoms with van der Waals surface area (Å²) in [7, 11) is 1.21. The first-order valence-corrected chi connectivity index (χ1v) is 10.3. The predicted octanol–water partition coefficient (Wildman–Crippen LogP) is 4.35. The highest BCUT2D eigenvalue weighted by atomic mass is 19.2. The molecule has 1 fully saturated rings. The maximum Gasteiger partial charge on any atom is 0.201 e. The second-order valence-corrected chi connectivity index (χ2v) is 7.80. The Morgan fingerprint density at radius 3 is 2.48 bits per heavy atom. The molecular weight excluding hydrogens is 433 g/mol. The summed E-state index contributed by atoms with van der Waals surface area (Å²) < 4.78 is 48.7. The van der Waals surface area contributed by atoms with Crippen molar-refractivity contribution in [1.29, 1.82) is 5.26 Å². The summed E-state index contributed by atoms with van der Waals surface area (Å²) in [6.45, 7) is 1.19. The van der Waals surface area contributed by atoms with Gasteiger partial charge >= 0.3 is 0 Å². The Balaban J connectivity index is 1.94. The number of rotatable bonds is 4. The molecule has 9 heteroatoms. The maximum atomic E-state index is 15.0. The lowest BCUT2D eigenvalue weighted by Crippen LogP contribution is -2.40. The van der Waals surface area contributed by atoms with Gasteiger partial charge in [0.2, 0.25) is 5.82 Å². The van der Waals surface area contributed by atoms with Crippen LogP contribution in [0.1, 0.15) is 18.4 Å². The molecule has 0 amide bonds. The summed E-state index contributed by atoms with van der Waals surface area (Å²) in [5, 5.41) is 20.0. The summed E-state index contributed by atoms with van der Waals surface area (Å²) in [4.78, 5) is 6.51. The van der Waals surface area contributed by atoms with Gasteiger partial charge < -0.3 is 20.5 Å². The Hall–Kier alpha value is -3.77. The highest BCUT2D eigenvalue weighted by molar-refractivity contribution is 5.87. The Morgan fingerprint density at radius 2 is 1.85 bits per heavy atom. The molecule has 2 heterocycles. The van der Waals surface area contributed by atoms with Gasteiger partial charge in [-0.25, -0.2) is 13.8 Å². The molecule has 0 atom stereocenters. The van der Waals surface area contributed by atoms with Crippen LogP contribution in [0.25, 0.3) is 22.4 Å². The predicted molar refractivity (Wildman–Crippen MR) is 117 cm³/mol. The molecule has 1 aliphatic heterocycles. The van der Waals surface area contributed by atoms with Gasteiger partial charge in [-0.3, -0.25) is 0 Å². The standard InChI is InChI=1S/C24H21F3N4O2/c1-33-19-5-4-16(22(26)23(19)27)21-18(32)11-20(31-8-6-15(29)7-9-31)30-24(21)13-2-3-14(12-28)17(25)10-13/h2-5,10-11,15H,6-9,29H2,1H3,(H,30,32). The van der Waals surface area contributed by atoms with Gasteiger partial charge in [-0.2, -0.15) is 9.65 Å². The van der Waals surface area contributed by atoms with Crippen molar-refractivity contribution in [2.75, 3.05) is 25.1 Å². The van der Waals surface area contributed by atoms with Gasteiger partial charge in [0.25, 0.3) is 0 Å². The van der Waals surface area contributed by atoms with Gasteiger partial charge in [-0.1, -0.05) is 6.07 Å². The number of hydrogen-bond acceptors (Lipinski definition) is 6. The molecule has 0 aliphatic carbocycles. The fourth-order valence-electron chi connectivity index (χ4n) is 3.92. The van der Waals surface area contributed by atoms with E-state index in [9.17, 15) is 18.3 Å². The van der Waals surface area contributed by atoms with Gasteiger partial charge in [-0.05, 0) is 37.1 Å². The molecule has 1 saturated heterocycles. The van der Waals surface area contributed by atoms with E-state index in [4.69, 9.17) is 15.7 Å². The van der Waals surface area contributed by atoms with Crippen LogP contribution in [-0.2, 0) is 0 Å². The number of anilines is 1. The number of pyridine rings is 1. The Morgan fingerprint density at radius 1 is 1.12 bits per heavy atom. The molecule has 0 spiro atoms. The van der Waals surface area contributed by atoms with Crippen LogP contribution in [-0.4, -0.2) is 36.3 Å². The van der Waals surface area contributed by atoms with Crippen LogP contribution in [0.3, 0.4) is 0 Å². The van der Waals surface area contributed by atoms with E-state index in [1.54, 1.807) is 6.07 Å². The van der Waals surface area contributed by atoms with Crippen LogP contribution >= 0.6 is 0 Å². The number of methoxy groups -OCH3 is 1. The number of piperidine rings is 1. The van der Waals surface area contributed by atoms with Crippen LogP contribution in [0, 0.1) is 28.8 Å². The van der Waals surface area contributed by atoms with Gasteiger partial charge in [-0.15, -0.1) is 0 Å². The minimum absolute atomic E-state index is 0.0479. The second kappa shape index (κ2) is 9.00. The number of aromatic nitrogens is 1. The summed E-state index contributed by atoms with van der Waals surface area (Å²) in [5.74, 6) is -3.50. The molecule has 0 radical (unpaired) electrons. The van der Waals surface area contributed by atoms with Crippen molar-refractivity contribution in [2.45, 2.75) is 18.9 Å². The lowest BCUT2D eigenvalue weighted by atomic mass is 9.96. The van der Waals surface area contributed by atoms with Crippen molar-refractivity contribution in [3.05, 3.63) is 59.4 Å². The van der Waals surface area contributed by atoms with E-state index < -0.39 is 17.5 Å². The van der Waals surface area contributed by atoms with Crippen LogP contribution in [0.2, 0.25) is 0 Å². The number of aromatic hydroxyl groups is 1. The molecule has 33 heavy (non-hydrogen) atoms. The summed E-state index contributed by atoms with van der Waals surface area (Å²) in [5.41, 5.74) is 5.68. The topological polar surface area (TPSA) is 95.4 Å². The van der Waals surface area contributed by atoms with Gasteiger partial charge in [0.15, 0.2) is 11.6 Å². The first-order valence-electron chi connectivity index (χ1n) is 10.3. The maximum absolute atomic E-state index is 15.0. The number of ether oxygens (including phenoxy) is 1. The molecule has 6 nitrogen and oxygen atoms in total. The first-order chi connectivity index (χ1) is 15.8. The monoisotopic (exact) mass is 454 g/mol. The smallest absolute Gasteiger partial charge is 0.201 e. The van der Waals surface area contributed by atoms with E-state index in [-0.39, 0.29) is 45.5 Å². The van der Waals surface area contributed by atoms with E-state index in [1.807, 2.05) is 4.90 Å². The second-order valence-electron chi connectivity index (χ2n) is 7.80. The SMILES string of the molecule is COc1ccc(-c2c(O)cc(N3CCC(N)CC3)nc2-c2ccc(C#N)c(F)c2)c(F)c1F. The fourth-order valence-corrected chi connectivity index (χ4v) is 3.92. The Labute approximate surface area is 188 Å². The first kappa shape index (κ1) is 22.4.